The molecule has 0 aromatic heterocycles. The number of hydrogen-bond donors (Lipinski definition) is 2. The van der Waals surface area contributed by atoms with E-state index in [0.29, 0.717) is 5.69 Å². The molecule has 1 aliphatic heterocycles. The molecule has 0 saturated carbocycles. The molecule has 1 fully saturated rings. The lowest BCUT2D eigenvalue weighted by Crippen LogP contribution is -2.36. The Labute approximate surface area is 169 Å². The highest BCUT2D eigenvalue weighted by atomic mass is 32.1. The molecule has 29 heavy (non-hydrogen) atoms. The monoisotopic (exact) mass is 427 g/mol. The second-order valence-electron chi connectivity index (χ2n) is 6.28. The average molecular weight is 427 g/mol. The maximum atomic E-state index is 14.1. The van der Waals surface area contributed by atoms with Crippen LogP contribution in [0.5, 0.6) is 5.75 Å². The van der Waals surface area contributed by atoms with Crippen LogP contribution in [0.4, 0.5) is 28.9 Å². The summed E-state index contributed by atoms with van der Waals surface area (Å²) in [5.41, 5.74) is -0.00832. The molecule has 3 rings (SSSR count). The van der Waals surface area contributed by atoms with Gasteiger partial charge in [0, 0.05) is 13.1 Å². The standard InChI is InChI=1S/C19H17F4N3O2S/c1-28-17-15(22)13(20)12(14(21)16(17)23)18(27)25-19(29)24-10-6-2-3-7-11(10)26-8-4-5-9-26/h2-3,6-7H,4-5,8-9H2,1H3,(H2,24,25,27,29). The number of carbonyl (C=O) groups is 1. The van der Waals surface area contributed by atoms with Crippen LogP contribution in [0.15, 0.2) is 24.3 Å². The van der Waals surface area contributed by atoms with E-state index in [1.165, 1.54) is 0 Å². The van der Waals surface area contributed by atoms with Crippen molar-refractivity contribution < 1.29 is 27.1 Å². The maximum Gasteiger partial charge on any atom is 0.263 e. The summed E-state index contributed by atoms with van der Waals surface area (Å²) >= 11 is 5.03. The van der Waals surface area contributed by atoms with Gasteiger partial charge in [0.15, 0.2) is 22.5 Å². The number of hydrogen-bond acceptors (Lipinski definition) is 4. The zero-order valence-corrected chi connectivity index (χ0v) is 16.1. The number of methoxy groups -OCH3 is 1. The van der Waals surface area contributed by atoms with Crippen LogP contribution in [0.2, 0.25) is 0 Å². The number of nitrogens with zero attached hydrogens (tertiary/aromatic N) is 1. The molecular weight excluding hydrogens is 410 g/mol. The van der Waals surface area contributed by atoms with Gasteiger partial charge in [0.05, 0.1) is 18.5 Å². The third kappa shape index (κ3) is 4.12. The number of rotatable bonds is 4. The highest BCUT2D eigenvalue weighted by molar-refractivity contribution is 7.80. The molecule has 1 heterocycles. The van der Waals surface area contributed by atoms with Crippen LogP contribution in [-0.4, -0.2) is 31.2 Å². The van der Waals surface area contributed by atoms with E-state index in [1.807, 2.05) is 17.4 Å². The van der Waals surface area contributed by atoms with E-state index in [0.717, 1.165) is 38.7 Å². The number of carbonyl (C=O) groups excluding carboxylic acids is 1. The quantitative estimate of drug-likeness (QED) is 0.439. The van der Waals surface area contributed by atoms with Gasteiger partial charge < -0.3 is 15.0 Å². The molecular formula is C19H17F4N3O2S. The Morgan fingerprint density at radius 2 is 1.62 bits per heavy atom. The van der Waals surface area contributed by atoms with Gasteiger partial charge in [-0.3, -0.25) is 10.1 Å². The third-order valence-electron chi connectivity index (χ3n) is 4.48. The van der Waals surface area contributed by atoms with Crippen LogP contribution in [0.1, 0.15) is 23.2 Å². The Kier molecular flexibility index (Phi) is 6.21. The van der Waals surface area contributed by atoms with Crippen molar-refractivity contribution in [1.29, 1.82) is 0 Å². The highest BCUT2D eigenvalue weighted by Gasteiger charge is 2.30. The zero-order chi connectivity index (χ0) is 21.1. The molecule has 0 atom stereocenters. The number of halogens is 4. The Balaban J connectivity index is 1.80. The molecule has 1 saturated heterocycles. The topological polar surface area (TPSA) is 53.6 Å². The van der Waals surface area contributed by atoms with Crippen molar-refractivity contribution in [3.8, 4) is 5.75 Å². The van der Waals surface area contributed by atoms with Crippen LogP contribution in [0, 0.1) is 23.3 Å². The summed E-state index contributed by atoms with van der Waals surface area (Å²) in [4.78, 5) is 14.4. The van der Waals surface area contributed by atoms with E-state index in [2.05, 4.69) is 15.0 Å². The lowest BCUT2D eigenvalue weighted by Gasteiger charge is -2.22. The lowest BCUT2D eigenvalue weighted by atomic mass is 10.1. The van der Waals surface area contributed by atoms with Crippen molar-refractivity contribution in [2.75, 3.05) is 30.4 Å². The molecule has 0 bridgehead atoms. The van der Waals surface area contributed by atoms with Crippen LogP contribution in [0.3, 0.4) is 0 Å². The molecule has 0 aliphatic carbocycles. The first-order chi connectivity index (χ1) is 13.8. The van der Waals surface area contributed by atoms with Gasteiger partial charge in [-0.15, -0.1) is 0 Å². The number of thiocarbonyl (C=S) groups is 1. The van der Waals surface area contributed by atoms with Crippen LogP contribution < -0.4 is 20.3 Å². The number of ether oxygens (including phenoxy) is 1. The smallest absolute Gasteiger partial charge is 0.263 e. The van der Waals surface area contributed by atoms with Crippen molar-refractivity contribution >= 4 is 34.6 Å². The van der Waals surface area contributed by atoms with Gasteiger partial charge in [-0.2, -0.15) is 8.78 Å². The van der Waals surface area contributed by atoms with Crippen molar-refractivity contribution in [2.45, 2.75) is 12.8 Å². The summed E-state index contributed by atoms with van der Waals surface area (Å²) in [5, 5.41) is 4.54. The van der Waals surface area contributed by atoms with Crippen molar-refractivity contribution in [3.63, 3.8) is 0 Å². The summed E-state index contributed by atoms with van der Waals surface area (Å²) in [6.45, 7) is 1.72. The minimum absolute atomic E-state index is 0.280. The van der Waals surface area contributed by atoms with Gasteiger partial charge in [0.25, 0.3) is 5.91 Å². The molecule has 1 amide bonds. The summed E-state index contributed by atoms with van der Waals surface area (Å²) < 4.78 is 60.1. The SMILES string of the molecule is COc1c(F)c(F)c(C(=O)NC(=S)Nc2ccccc2N2CCCC2)c(F)c1F. The summed E-state index contributed by atoms with van der Waals surface area (Å²) in [6, 6.07) is 7.18. The summed E-state index contributed by atoms with van der Waals surface area (Å²) in [5.74, 6) is -10.1. The fourth-order valence-electron chi connectivity index (χ4n) is 3.12. The summed E-state index contributed by atoms with van der Waals surface area (Å²) in [6.07, 6.45) is 2.09. The van der Waals surface area contributed by atoms with Crippen LogP contribution in [0.25, 0.3) is 0 Å². The van der Waals surface area contributed by atoms with E-state index >= 15 is 0 Å². The third-order valence-corrected chi connectivity index (χ3v) is 4.68. The van der Waals surface area contributed by atoms with E-state index in [9.17, 15) is 22.4 Å². The molecule has 10 heteroatoms. The van der Waals surface area contributed by atoms with Crippen molar-refractivity contribution in [2.24, 2.45) is 0 Å². The van der Waals surface area contributed by atoms with Gasteiger partial charge in [0.1, 0.15) is 5.56 Å². The first-order valence-corrected chi connectivity index (χ1v) is 9.12. The number of nitrogens with one attached hydrogen (secondary N) is 2. The minimum atomic E-state index is -1.88. The second-order valence-corrected chi connectivity index (χ2v) is 6.69. The number of para-hydroxylation sites is 2. The maximum absolute atomic E-state index is 14.1. The first-order valence-electron chi connectivity index (χ1n) is 8.71. The molecule has 154 valence electrons. The molecule has 2 N–H and O–H groups in total. The van der Waals surface area contributed by atoms with Crippen LogP contribution >= 0.6 is 12.2 Å². The zero-order valence-electron chi connectivity index (χ0n) is 15.3. The predicted octanol–water partition coefficient (Wildman–Crippen LogP) is 3.98. The minimum Gasteiger partial charge on any atom is -0.491 e. The number of benzene rings is 2. The van der Waals surface area contributed by atoms with Crippen LogP contribution in [-0.2, 0) is 0 Å². The average Bonchev–Trinajstić information content (AvgIpc) is 3.22. The largest absolute Gasteiger partial charge is 0.491 e. The molecule has 2 aromatic carbocycles. The molecule has 0 spiro atoms. The Morgan fingerprint density at radius 1 is 1.03 bits per heavy atom. The first kappa shape index (κ1) is 20.8. The number of anilines is 2. The van der Waals surface area contributed by atoms with Gasteiger partial charge in [-0.25, -0.2) is 8.78 Å². The Bertz CT molecular complexity index is 936. The molecule has 1 aliphatic rings. The molecule has 2 aromatic rings. The normalized spacial score (nSPS) is 13.3. The Hall–Kier alpha value is -2.88. The van der Waals surface area contributed by atoms with E-state index < -0.39 is 40.5 Å². The fourth-order valence-corrected chi connectivity index (χ4v) is 3.33. The lowest BCUT2D eigenvalue weighted by molar-refractivity contribution is 0.0966. The Morgan fingerprint density at radius 3 is 2.21 bits per heavy atom. The second kappa shape index (κ2) is 8.64. The molecule has 5 nitrogen and oxygen atoms in total. The van der Waals surface area contributed by atoms with E-state index in [1.54, 1.807) is 12.1 Å². The summed E-state index contributed by atoms with van der Waals surface area (Å²) in [7, 11) is 0.844. The van der Waals surface area contributed by atoms with E-state index in [-0.39, 0.29) is 5.11 Å². The fraction of sp³-hybridized carbons (Fsp3) is 0.263. The number of amides is 1. The van der Waals surface area contributed by atoms with Crippen molar-refractivity contribution in [1.82, 2.24) is 5.32 Å². The van der Waals surface area contributed by atoms with Gasteiger partial charge in [-0.1, -0.05) is 12.1 Å². The van der Waals surface area contributed by atoms with E-state index in [4.69, 9.17) is 12.2 Å². The highest BCUT2D eigenvalue weighted by Crippen LogP contribution is 2.30. The van der Waals surface area contributed by atoms with Gasteiger partial charge in [-0.05, 0) is 37.2 Å². The molecule has 0 radical (unpaired) electrons. The predicted molar refractivity (Wildman–Crippen MR) is 104 cm³/mol. The van der Waals surface area contributed by atoms with Gasteiger partial charge in [0.2, 0.25) is 11.6 Å². The molecule has 0 unspecified atom stereocenters. The van der Waals surface area contributed by atoms with Crippen molar-refractivity contribution in [3.05, 3.63) is 53.1 Å². The van der Waals surface area contributed by atoms with Gasteiger partial charge >= 0.3 is 0 Å².